The van der Waals surface area contributed by atoms with Crippen molar-refractivity contribution < 1.29 is 0 Å². The predicted molar refractivity (Wildman–Crippen MR) is 81.0 cm³/mol. The van der Waals surface area contributed by atoms with Crippen molar-refractivity contribution in [3.63, 3.8) is 0 Å². The van der Waals surface area contributed by atoms with E-state index in [1.807, 2.05) is 24.3 Å². The lowest BCUT2D eigenvalue weighted by Crippen LogP contribution is -2.29. The summed E-state index contributed by atoms with van der Waals surface area (Å²) in [6.45, 7) is 2.06. The van der Waals surface area contributed by atoms with E-state index in [9.17, 15) is 0 Å². The number of halogens is 1. The minimum atomic E-state index is 0.150. The van der Waals surface area contributed by atoms with Gasteiger partial charge in [0.15, 0.2) is 0 Å². The van der Waals surface area contributed by atoms with E-state index in [2.05, 4.69) is 36.6 Å². The molecule has 0 bridgehead atoms. The number of nitrogens with two attached hydrogens (primary N) is 1. The van der Waals surface area contributed by atoms with Gasteiger partial charge in [0.05, 0.1) is 0 Å². The molecule has 0 aliphatic carbocycles. The SMILES string of the molecule is Cc1cc(Cl)ccc1C(CCc1ccccc1)NN. The molecule has 2 rings (SSSR count). The van der Waals surface area contributed by atoms with E-state index < -0.39 is 0 Å². The van der Waals surface area contributed by atoms with E-state index in [0.29, 0.717) is 0 Å². The van der Waals surface area contributed by atoms with Crippen LogP contribution in [0.2, 0.25) is 5.02 Å². The quantitative estimate of drug-likeness (QED) is 0.643. The Labute approximate surface area is 119 Å². The van der Waals surface area contributed by atoms with Crippen molar-refractivity contribution >= 4 is 11.6 Å². The Kier molecular flexibility index (Phi) is 4.97. The maximum absolute atomic E-state index is 5.99. The second-order valence-electron chi connectivity index (χ2n) is 4.74. The lowest BCUT2D eigenvalue weighted by atomic mass is 9.96. The van der Waals surface area contributed by atoms with Crippen LogP contribution in [0.3, 0.4) is 0 Å². The summed E-state index contributed by atoms with van der Waals surface area (Å²) >= 11 is 5.99. The molecule has 1 atom stereocenters. The molecule has 0 saturated heterocycles. The Hall–Kier alpha value is -1.35. The van der Waals surface area contributed by atoms with Gasteiger partial charge in [-0.1, -0.05) is 48.0 Å². The lowest BCUT2D eigenvalue weighted by molar-refractivity contribution is 0.514. The zero-order valence-corrected chi connectivity index (χ0v) is 11.8. The van der Waals surface area contributed by atoms with Crippen molar-refractivity contribution in [1.29, 1.82) is 0 Å². The molecule has 0 spiro atoms. The van der Waals surface area contributed by atoms with Crippen LogP contribution in [-0.4, -0.2) is 0 Å². The summed E-state index contributed by atoms with van der Waals surface area (Å²) in [6.07, 6.45) is 1.96. The molecule has 3 N–H and O–H groups in total. The van der Waals surface area contributed by atoms with Crippen LogP contribution >= 0.6 is 11.6 Å². The van der Waals surface area contributed by atoms with Crippen LogP contribution in [0, 0.1) is 6.92 Å². The molecule has 0 aliphatic rings. The van der Waals surface area contributed by atoms with Gasteiger partial charge in [0.1, 0.15) is 0 Å². The summed E-state index contributed by atoms with van der Waals surface area (Å²) in [6, 6.07) is 16.5. The molecule has 0 saturated carbocycles. The highest BCUT2D eigenvalue weighted by molar-refractivity contribution is 6.30. The fourth-order valence-electron chi connectivity index (χ4n) is 2.31. The minimum Gasteiger partial charge on any atom is -0.271 e. The largest absolute Gasteiger partial charge is 0.271 e. The van der Waals surface area contributed by atoms with Gasteiger partial charge in [0.2, 0.25) is 0 Å². The zero-order valence-electron chi connectivity index (χ0n) is 11.1. The van der Waals surface area contributed by atoms with E-state index in [-0.39, 0.29) is 6.04 Å². The topological polar surface area (TPSA) is 38.0 Å². The Morgan fingerprint density at radius 1 is 1.16 bits per heavy atom. The monoisotopic (exact) mass is 274 g/mol. The van der Waals surface area contributed by atoms with Crippen LogP contribution in [0.25, 0.3) is 0 Å². The van der Waals surface area contributed by atoms with Gasteiger partial charge in [-0.2, -0.15) is 0 Å². The summed E-state index contributed by atoms with van der Waals surface area (Å²) in [5.74, 6) is 5.69. The lowest BCUT2D eigenvalue weighted by Gasteiger charge is -2.18. The molecule has 2 aromatic rings. The van der Waals surface area contributed by atoms with Gasteiger partial charge < -0.3 is 0 Å². The maximum atomic E-state index is 5.99. The highest BCUT2D eigenvalue weighted by Crippen LogP contribution is 2.24. The fourth-order valence-corrected chi connectivity index (χ4v) is 2.54. The standard InChI is InChI=1S/C16H19ClN2/c1-12-11-14(17)8-9-15(12)16(19-18)10-7-13-5-3-2-4-6-13/h2-6,8-9,11,16,19H,7,10,18H2,1H3. The molecular weight excluding hydrogens is 256 g/mol. The molecule has 0 heterocycles. The van der Waals surface area contributed by atoms with Gasteiger partial charge >= 0.3 is 0 Å². The first-order valence-electron chi connectivity index (χ1n) is 6.47. The highest BCUT2D eigenvalue weighted by Gasteiger charge is 2.12. The van der Waals surface area contributed by atoms with Crippen molar-refractivity contribution in [1.82, 2.24) is 5.43 Å². The van der Waals surface area contributed by atoms with Gasteiger partial charge in [0, 0.05) is 11.1 Å². The predicted octanol–water partition coefficient (Wildman–Crippen LogP) is 3.79. The van der Waals surface area contributed by atoms with Gasteiger partial charge in [-0.3, -0.25) is 11.3 Å². The molecule has 100 valence electrons. The number of hydrogen-bond acceptors (Lipinski definition) is 2. The maximum Gasteiger partial charge on any atom is 0.0465 e. The van der Waals surface area contributed by atoms with E-state index in [4.69, 9.17) is 17.4 Å². The number of hydrazine groups is 1. The minimum absolute atomic E-state index is 0.150. The van der Waals surface area contributed by atoms with Crippen LogP contribution < -0.4 is 11.3 Å². The van der Waals surface area contributed by atoms with Crippen LogP contribution in [0.15, 0.2) is 48.5 Å². The van der Waals surface area contributed by atoms with E-state index >= 15 is 0 Å². The number of hydrogen-bond donors (Lipinski definition) is 2. The molecule has 0 aromatic heterocycles. The van der Waals surface area contributed by atoms with Gasteiger partial charge in [-0.15, -0.1) is 0 Å². The molecule has 2 aromatic carbocycles. The third kappa shape index (κ3) is 3.80. The van der Waals surface area contributed by atoms with E-state index in [1.54, 1.807) is 0 Å². The van der Waals surface area contributed by atoms with Gasteiger partial charge in [-0.25, -0.2) is 0 Å². The Balaban J connectivity index is 2.08. The third-order valence-corrected chi connectivity index (χ3v) is 3.61. The molecule has 0 aliphatic heterocycles. The molecule has 2 nitrogen and oxygen atoms in total. The third-order valence-electron chi connectivity index (χ3n) is 3.37. The van der Waals surface area contributed by atoms with E-state index in [1.165, 1.54) is 16.7 Å². The molecule has 1 unspecified atom stereocenters. The normalized spacial score (nSPS) is 12.4. The Morgan fingerprint density at radius 2 is 1.89 bits per heavy atom. The van der Waals surface area contributed by atoms with E-state index in [0.717, 1.165) is 17.9 Å². The van der Waals surface area contributed by atoms with Crippen molar-refractivity contribution in [3.8, 4) is 0 Å². The molecule has 0 amide bonds. The first kappa shape index (κ1) is 14.1. The molecular formula is C16H19ClN2. The summed E-state index contributed by atoms with van der Waals surface area (Å²) in [4.78, 5) is 0. The molecule has 19 heavy (non-hydrogen) atoms. The zero-order chi connectivity index (χ0) is 13.7. The smallest absolute Gasteiger partial charge is 0.0465 e. The Bertz CT molecular complexity index is 526. The molecule has 3 heteroatoms. The summed E-state index contributed by atoms with van der Waals surface area (Å²) in [5, 5.41) is 0.764. The fraction of sp³-hybridized carbons (Fsp3) is 0.250. The average molecular weight is 275 g/mol. The average Bonchev–Trinajstić information content (AvgIpc) is 2.42. The summed E-state index contributed by atoms with van der Waals surface area (Å²) < 4.78 is 0. The van der Waals surface area contributed by atoms with Crippen LogP contribution in [-0.2, 0) is 6.42 Å². The van der Waals surface area contributed by atoms with Crippen molar-refractivity contribution in [3.05, 3.63) is 70.2 Å². The van der Waals surface area contributed by atoms with Crippen molar-refractivity contribution in [2.24, 2.45) is 5.84 Å². The number of aryl methyl sites for hydroxylation is 2. The number of nitrogens with one attached hydrogen (secondary N) is 1. The van der Waals surface area contributed by atoms with Gasteiger partial charge in [-0.05, 0) is 48.6 Å². The van der Waals surface area contributed by atoms with Crippen molar-refractivity contribution in [2.45, 2.75) is 25.8 Å². The Morgan fingerprint density at radius 3 is 2.53 bits per heavy atom. The number of benzene rings is 2. The van der Waals surface area contributed by atoms with Crippen LogP contribution in [0.5, 0.6) is 0 Å². The summed E-state index contributed by atoms with van der Waals surface area (Å²) in [7, 11) is 0. The second-order valence-corrected chi connectivity index (χ2v) is 5.18. The second kappa shape index (κ2) is 6.71. The summed E-state index contributed by atoms with van der Waals surface area (Å²) in [5.41, 5.74) is 6.61. The van der Waals surface area contributed by atoms with Crippen molar-refractivity contribution in [2.75, 3.05) is 0 Å². The first-order valence-corrected chi connectivity index (χ1v) is 6.84. The van der Waals surface area contributed by atoms with Gasteiger partial charge in [0.25, 0.3) is 0 Å². The highest BCUT2D eigenvalue weighted by atomic mass is 35.5. The molecule has 0 radical (unpaired) electrons. The molecule has 0 fully saturated rings. The van der Waals surface area contributed by atoms with Crippen LogP contribution in [0.1, 0.15) is 29.2 Å². The number of rotatable bonds is 5. The first-order chi connectivity index (χ1) is 9.20. The van der Waals surface area contributed by atoms with Crippen LogP contribution in [0.4, 0.5) is 0 Å².